The van der Waals surface area contributed by atoms with Crippen molar-refractivity contribution in [3.05, 3.63) is 40.9 Å². The highest BCUT2D eigenvalue weighted by Gasteiger charge is 2.04. The van der Waals surface area contributed by atoms with Crippen LogP contribution in [-0.2, 0) is 0 Å². The highest BCUT2D eigenvalue weighted by molar-refractivity contribution is 9.10. The zero-order valence-corrected chi connectivity index (χ0v) is 12.0. The van der Waals surface area contributed by atoms with Gasteiger partial charge in [-0.25, -0.2) is 4.99 Å². The quantitative estimate of drug-likeness (QED) is 0.374. The third-order valence-corrected chi connectivity index (χ3v) is 3.70. The Labute approximate surface area is 118 Å². The summed E-state index contributed by atoms with van der Waals surface area (Å²) in [5.74, 6) is 0. The summed E-state index contributed by atoms with van der Waals surface area (Å²) in [5, 5.41) is 14.0. The van der Waals surface area contributed by atoms with Crippen LogP contribution in [0.25, 0.3) is 10.8 Å². The molecule has 5 heteroatoms. The van der Waals surface area contributed by atoms with E-state index in [0.717, 1.165) is 20.9 Å². The highest BCUT2D eigenvalue weighted by atomic mass is 79.9. The minimum Gasteiger partial charge on any atom is -0.271 e. The maximum atomic E-state index is 8.64. The smallest absolute Gasteiger partial charge is 0.183 e. The molecule has 3 nitrogen and oxygen atoms in total. The second-order valence-corrected chi connectivity index (χ2v) is 5.12. The molecule has 18 heavy (non-hydrogen) atoms. The molecule has 1 N–H and O–H groups in total. The first kappa shape index (κ1) is 12.9. The van der Waals surface area contributed by atoms with Crippen molar-refractivity contribution in [2.75, 3.05) is 6.26 Å². The fraction of sp³-hybridized carbons (Fsp3) is 0.0769. The Hall–Kier alpha value is -1.51. The number of thioether (sulfide) groups is 1. The van der Waals surface area contributed by atoms with Gasteiger partial charge in [0.05, 0.1) is 5.69 Å². The van der Waals surface area contributed by atoms with Gasteiger partial charge in [-0.15, -0.1) is 0 Å². The van der Waals surface area contributed by atoms with Crippen LogP contribution in [0.4, 0.5) is 5.69 Å². The zero-order valence-electron chi connectivity index (χ0n) is 9.64. The molecule has 2 rings (SSSR count). The number of nitriles is 1. The molecule has 0 amide bonds. The molecule has 0 unspecified atom stereocenters. The molecule has 0 spiro atoms. The minimum absolute atomic E-state index is 0.588. The minimum atomic E-state index is 0.588. The standard InChI is InChI=1S/C13H10BrN3S/c1-18-13(16-8-15)17-12-7-6-11(14)9-4-2-3-5-10(9)12/h2-7H,1H3,(H,16,17). The first-order chi connectivity index (χ1) is 8.76. The van der Waals surface area contributed by atoms with E-state index in [-0.39, 0.29) is 0 Å². The van der Waals surface area contributed by atoms with E-state index in [1.165, 1.54) is 11.8 Å². The number of nitrogens with zero attached hydrogens (tertiary/aromatic N) is 2. The van der Waals surface area contributed by atoms with Crippen LogP contribution in [0, 0.1) is 11.5 Å². The van der Waals surface area contributed by atoms with Crippen LogP contribution in [0.1, 0.15) is 0 Å². The number of amidine groups is 1. The highest BCUT2D eigenvalue weighted by Crippen LogP contribution is 2.32. The van der Waals surface area contributed by atoms with Crippen molar-refractivity contribution >= 4 is 49.3 Å². The van der Waals surface area contributed by atoms with Gasteiger partial charge < -0.3 is 0 Å². The van der Waals surface area contributed by atoms with E-state index in [1.54, 1.807) is 0 Å². The van der Waals surface area contributed by atoms with Gasteiger partial charge in [-0.05, 0) is 23.8 Å². The lowest BCUT2D eigenvalue weighted by Gasteiger charge is -2.05. The maximum absolute atomic E-state index is 8.64. The number of fused-ring (bicyclic) bond motifs is 1. The predicted molar refractivity (Wildman–Crippen MR) is 81.0 cm³/mol. The molecule has 0 saturated carbocycles. The van der Waals surface area contributed by atoms with Crippen molar-refractivity contribution in [3.63, 3.8) is 0 Å². The monoisotopic (exact) mass is 319 g/mol. The second kappa shape index (κ2) is 5.89. The zero-order chi connectivity index (χ0) is 13.0. The fourth-order valence-corrected chi connectivity index (χ4v) is 2.44. The van der Waals surface area contributed by atoms with Crippen molar-refractivity contribution in [2.24, 2.45) is 4.99 Å². The maximum Gasteiger partial charge on any atom is 0.183 e. The van der Waals surface area contributed by atoms with E-state index in [2.05, 4.69) is 26.2 Å². The van der Waals surface area contributed by atoms with Gasteiger partial charge in [-0.2, -0.15) is 5.26 Å². The molecule has 0 aromatic heterocycles. The van der Waals surface area contributed by atoms with Crippen LogP contribution in [0.5, 0.6) is 0 Å². The molecule has 0 heterocycles. The predicted octanol–water partition coefficient (Wildman–Crippen LogP) is 4.02. The van der Waals surface area contributed by atoms with Crippen LogP contribution in [0.3, 0.4) is 0 Å². The molecular weight excluding hydrogens is 310 g/mol. The lowest BCUT2D eigenvalue weighted by Crippen LogP contribution is -2.12. The number of halogens is 1. The van der Waals surface area contributed by atoms with Crippen molar-refractivity contribution < 1.29 is 0 Å². The van der Waals surface area contributed by atoms with Gasteiger partial charge in [0.25, 0.3) is 0 Å². The van der Waals surface area contributed by atoms with Gasteiger partial charge in [-0.3, -0.25) is 5.32 Å². The average molecular weight is 320 g/mol. The topological polar surface area (TPSA) is 48.2 Å². The average Bonchev–Trinajstić information content (AvgIpc) is 2.41. The van der Waals surface area contributed by atoms with Crippen LogP contribution < -0.4 is 5.32 Å². The third kappa shape index (κ3) is 2.66. The van der Waals surface area contributed by atoms with Gasteiger partial charge in [0, 0.05) is 9.86 Å². The van der Waals surface area contributed by atoms with Crippen LogP contribution in [0.2, 0.25) is 0 Å². The number of hydrogen-bond acceptors (Lipinski definition) is 3. The van der Waals surface area contributed by atoms with Crippen molar-refractivity contribution in [1.82, 2.24) is 5.32 Å². The number of hydrogen-bond donors (Lipinski definition) is 1. The molecule has 0 radical (unpaired) electrons. The summed E-state index contributed by atoms with van der Waals surface area (Å²) in [6.07, 6.45) is 3.77. The van der Waals surface area contributed by atoms with Gasteiger partial charge in [0.1, 0.15) is 0 Å². The van der Waals surface area contributed by atoms with E-state index in [9.17, 15) is 0 Å². The SMILES string of the molecule is CSC(=Nc1ccc(Br)c2ccccc12)NC#N. The molecule has 0 aliphatic rings. The molecular formula is C13H10BrN3S. The molecule has 0 atom stereocenters. The fourth-order valence-electron chi connectivity index (χ4n) is 1.63. The second-order valence-electron chi connectivity index (χ2n) is 3.47. The third-order valence-electron chi connectivity index (χ3n) is 2.43. The van der Waals surface area contributed by atoms with Crippen molar-refractivity contribution in [1.29, 1.82) is 5.26 Å². The van der Waals surface area contributed by atoms with Gasteiger partial charge in [0.2, 0.25) is 0 Å². The number of nitrogens with one attached hydrogen (secondary N) is 1. The molecule has 0 bridgehead atoms. The van der Waals surface area contributed by atoms with Crippen molar-refractivity contribution in [2.45, 2.75) is 0 Å². The molecule has 0 aliphatic carbocycles. The van der Waals surface area contributed by atoms with E-state index in [0.29, 0.717) is 5.17 Å². The first-order valence-electron chi connectivity index (χ1n) is 5.21. The summed E-state index contributed by atoms with van der Waals surface area (Å²) in [6, 6.07) is 11.9. The van der Waals surface area contributed by atoms with E-state index >= 15 is 0 Å². The van der Waals surface area contributed by atoms with Crippen molar-refractivity contribution in [3.8, 4) is 6.19 Å². The Morgan fingerprint density at radius 2 is 2.00 bits per heavy atom. The van der Waals surface area contributed by atoms with E-state index in [1.807, 2.05) is 48.8 Å². The van der Waals surface area contributed by atoms with Gasteiger partial charge in [0.15, 0.2) is 11.4 Å². The summed E-state index contributed by atoms with van der Waals surface area (Å²) in [6.45, 7) is 0. The summed E-state index contributed by atoms with van der Waals surface area (Å²) < 4.78 is 1.04. The van der Waals surface area contributed by atoms with E-state index in [4.69, 9.17) is 5.26 Å². The first-order valence-corrected chi connectivity index (χ1v) is 7.23. The lowest BCUT2D eigenvalue weighted by molar-refractivity contribution is 1.28. The largest absolute Gasteiger partial charge is 0.271 e. The summed E-state index contributed by atoms with van der Waals surface area (Å²) >= 11 is 4.93. The summed E-state index contributed by atoms with van der Waals surface area (Å²) in [7, 11) is 0. The number of benzene rings is 2. The molecule has 2 aromatic carbocycles. The van der Waals surface area contributed by atoms with Gasteiger partial charge in [-0.1, -0.05) is 52.0 Å². The number of aliphatic imine (C=N–C) groups is 1. The Bertz CT molecular complexity index is 646. The molecule has 0 saturated heterocycles. The van der Waals surface area contributed by atoms with Gasteiger partial charge >= 0.3 is 0 Å². The molecule has 2 aromatic rings. The Balaban J connectivity index is 2.59. The van der Waals surface area contributed by atoms with Crippen LogP contribution >= 0.6 is 27.7 Å². The molecule has 0 aliphatic heterocycles. The number of rotatable bonds is 1. The lowest BCUT2D eigenvalue weighted by atomic mass is 10.1. The Morgan fingerprint density at radius 3 is 2.67 bits per heavy atom. The normalized spacial score (nSPS) is 11.3. The molecule has 90 valence electrons. The van der Waals surface area contributed by atoms with Crippen LogP contribution in [0.15, 0.2) is 45.9 Å². The Morgan fingerprint density at radius 1 is 1.28 bits per heavy atom. The summed E-state index contributed by atoms with van der Waals surface area (Å²) in [4.78, 5) is 4.46. The molecule has 0 fully saturated rings. The van der Waals surface area contributed by atoms with E-state index < -0.39 is 0 Å². The Kier molecular flexibility index (Phi) is 4.24. The summed E-state index contributed by atoms with van der Waals surface area (Å²) in [5.41, 5.74) is 0.848. The van der Waals surface area contributed by atoms with Crippen LogP contribution in [-0.4, -0.2) is 11.4 Å².